The summed E-state index contributed by atoms with van der Waals surface area (Å²) in [6, 6.07) is 0. The van der Waals surface area contributed by atoms with Crippen LogP contribution in [-0.2, 0) is 27.7 Å². The van der Waals surface area contributed by atoms with Crippen LogP contribution in [-0.4, -0.2) is 14.2 Å². The van der Waals surface area contributed by atoms with Gasteiger partial charge in [0, 0.05) is 21.6 Å². The average molecular weight is 312 g/mol. The molecule has 0 N–H and O–H groups in total. The van der Waals surface area contributed by atoms with Gasteiger partial charge in [-0.1, -0.05) is 20.8 Å². The maximum Gasteiger partial charge on any atom is 0.207 e. The van der Waals surface area contributed by atoms with Crippen molar-refractivity contribution >= 4 is 22.1 Å². The van der Waals surface area contributed by atoms with Crippen LogP contribution in [0.2, 0.25) is 0 Å². The summed E-state index contributed by atoms with van der Waals surface area (Å²) < 4.78 is 17.6. The molecule has 0 bridgehead atoms. The van der Waals surface area contributed by atoms with E-state index in [1.165, 1.54) is 0 Å². The highest BCUT2D eigenvalue weighted by Gasteiger charge is 2.18. The normalized spacial score (nSPS) is 13.7. The molecule has 110 valence electrons. The van der Waals surface area contributed by atoms with Crippen molar-refractivity contribution in [1.29, 1.82) is 0 Å². The fourth-order valence-corrected chi connectivity index (χ4v) is 3.96. The second kappa shape index (κ2) is 5.77. The van der Waals surface area contributed by atoms with Crippen molar-refractivity contribution in [2.45, 2.75) is 51.5 Å². The van der Waals surface area contributed by atoms with Gasteiger partial charge in [0.15, 0.2) is 0 Å². The standard InChI is InChI=1S/C14H20N2O2S2/c1-9-10(2)18-12(15-9)7-20(17)8-13-16-11(6-19-13)14(3,4)5/h6H,7-8H2,1-5H3/t20-/m0/s1. The Morgan fingerprint density at radius 1 is 1.25 bits per heavy atom. The van der Waals surface area contributed by atoms with Crippen LogP contribution >= 0.6 is 11.3 Å². The highest BCUT2D eigenvalue weighted by molar-refractivity contribution is 7.83. The van der Waals surface area contributed by atoms with Crippen LogP contribution in [0, 0.1) is 13.8 Å². The van der Waals surface area contributed by atoms with Gasteiger partial charge < -0.3 is 4.42 Å². The zero-order valence-corrected chi connectivity index (χ0v) is 14.2. The highest BCUT2D eigenvalue weighted by Crippen LogP contribution is 2.24. The molecule has 4 nitrogen and oxygen atoms in total. The monoisotopic (exact) mass is 312 g/mol. The number of aryl methyl sites for hydroxylation is 2. The molecule has 2 aromatic heterocycles. The molecule has 0 saturated heterocycles. The van der Waals surface area contributed by atoms with E-state index in [1.54, 1.807) is 11.3 Å². The Morgan fingerprint density at radius 3 is 2.45 bits per heavy atom. The van der Waals surface area contributed by atoms with Crippen molar-refractivity contribution in [3.8, 4) is 0 Å². The molecule has 0 aliphatic rings. The van der Waals surface area contributed by atoms with E-state index < -0.39 is 10.8 Å². The van der Waals surface area contributed by atoms with Gasteiger partial charge in [0.2, 0.25) is 5.89 Å². The zero-order chi connectivity index (χ0) is 14.9. The SMILES string of the molecule is Cc1nc(C[S@](=O)Cc2nc(C(C)(C)C)cs2)oc1C. The van der Waals surface area contributed by atoms with Crippen LogP contribution in [0.25, 0.3) is 0 Å². The van der Waals surface area contributed by atoms with E-state index in [-0.39, 0.29) is 5.41 Å². The van der Waals surface area contributed by atoms with Gasteiger partial charge in [0.05, 0.1) is 17.1 Å². The second-order valence-corrected chi connectivity index (χ2v) is 8.25. The van der Waals surface area contributed by atoms with Crippen molar-refractivity contribution in [2.24, 2.45) is 0 Å². The Hall–Kier alpha value is -1.01. The highest BCUT2D eigenvalue weighted by atomic mass is 32.2. The third-order valence-electron chi connectivity index (χ3n) is 2.96. The summed E-state index contributed by atoms with van der Waals surface area (Å²) in [4.78, 5) is 8.82. The van der Waals surface area contributed by atoms with Gasteiger partial charge in [-0.05, 0) is 13.8 Å². The maximum absolute atomic E-state index is 12.1. The van der Waals surface area contributed by atoms with E-state index in [0.717, 1.165) is 22.2 Å². The van der Waals surface area contributed by atoms with E-state index in [1.807, 2.05) is 19.2 Å². The van der Waals surface area contributed by atoms with Crippen molar-refractivity contribution in [3.63, 3.8) is 0 Å². The first kappa shape index (κ1) is 15.4. The molecule has 2 heterocycles. The largest absolute Gasteiger partial charge is 0.445 e. The number of hydrogen-bond donors (Lipinski definition) is 0. The fourth-order valence-electron chi connectivity index (χ4n) is 1.65. The Morgan fingerprint density at radius 2 is 1.95 bits per heavy atom. The number of nitrogens with zero attached hydrogens (tertiary/aromatic N) is 2. The maximum atomic E-state index is 12.1. The number of thiazole rings is 1. The molecule has 0 saturated carbocycles. The lowest BCUT2D eigenvalue weighted by Crippen LogP contribution is -2.11. The topological polar surface area (TPSA) is 56.0 Å². The van der Waals surface area contributed by atoms with E-state index in [4.69, 9.17) is 4.42 Å². The quantitative estimate of drug-likeness (QED) is 0.867. The molecule has 2 rings (SSSR count). The van der Waals surface area contributed by atoms with E-state index in [2.05, 4.69) is 30.7 Å². The first-order valence-electron chi connectivity index (χ1n) is 6.48. The molecule has 0 aliphatic carbocycles. The molecule has 0 aromatic carbocycles. The average Bonchev–Trinajstić information content (AvgIpc) is 2.86. The van der Waals surface area contributed by atoms with E-state index >= 15 is 0 Å². The lowest BCUT2D eigenvalue weighted by molar-refractivity contribution is 0.487. The van der Waals surface area contributed by atoms with Gasteiger partial charge in [-0.15, -0.1) is 11.3 Å². The summed E-state index contributed by atoms with van der Waals surface area (Å²) >= 11 is 1.57. The summed E-state index contributed by atoms with van der Waals surface area (Å²) in [6.45, 7) is 10.1. The molecule has 1 atom stereocenters. The molecule has 0 unspecified atom stereocenters. The molecular weight excluding hydrogens is 292 g/mol. The number of hydrogen-bond acceptors (Lipinski definition) is 5. The van der Waals surface area contributed by atoms with Crippen molar-refractivity contribution in [2.75, 3.05) is 0 Å². The van der Waals surface area contributed by atoms with Crippen molar-refractivity contribution in [1.82, 2.24) is 9.97 Å². The lowest BCUT2D eigenvalue weighted by atomic mass is 9.93. The first-order valence-corrected chi connectivity index (χ1v) is 8.85. The van der Waals surface area contributed by atoms with Gasteiger partial charge in [0.1, 0.15) is 16.5 Å². The number of oxazole rings is 1. The Labute approximate surface area is 126 Å². The molecule has 0 spiro atoms. The van der Waals surface area contributed by atoms with Gasteiger partial charge in [0.25, 0.3) is 0 Å². The molecule has 0 fully saturated rings. The van der Waals surface area contributed by atoms with Crippen LogP contribution in [0.15, 0.2) is 9.80 Å². The Bertz CT molecular complexity index is 604. The van der Waals surface area contributed by atoms with Crippen LogP contribution in [0.3, 0.4) is 0 Å². The van der Waals surface area contributed by atoms with Gasteiger partial charge >= 0.3 is 0 Å². The minimum atomic E-state index is -1.04. The minimum absolute atomic E-state index is 0.0348. The zero-order valence-electron chi connectivity index (χ0n) is 12.5. The predicted molar refractivity (Wildman–Crippen MR) is 82.3 cm³/mol. The van der Waals surface area contributed by atoms with Crippen LogP contribution in [0.4, 0.5) is 0 Å². The lowest BCUT2D eigenvalue weighted by Gasteiger charge is -2.14. The van der Waals surface area contributed by atoms with Gasteiger partial charge in [-0.25, -0.2) is 9.97 Å². The van der Waals surface area contributed by atoms with Gasteiger partial charge in [-0.2, -0.15) is 0 Å². The molecule has 0 aliphatic heterocycles. The van der Waals surface area contributed by atoms with Crippen LogP contribution in [0.5, 0.6) is 0 Å². The van der Waals surface area contributed by atoms with E-state index in [9.17, 15) is 4.21 Å². The van der Waals surface area contributed by atoms with Crippen LogP contribution < -0.4 is 0 Å². The Kier molecular flexibility index (Phi) is 4.44. The fraction of sp³-hybridized carbons (Fsp3) is 0.571. The summed E-state index contributed by atoms with van der Waals surface area (Å²) in [5.41, 5.74) is 1.95. The smallest absolute Gasteiger partial charge is 0.207 e. The van der Waals surface area contributed by atoms with Crippen LogP contribution in [0.1, 0.15) is 48.8 Å². The summed E-state index contributed by atoms with van der Waals surface area (Å²) in [5.74, 6) is 2.15. The van der Waals surface area contributed by atoms with Crippen molar-refractivity contribution in [3.05, 3.63) is 33.4 Å². The molecule has 20 heavy (non-hydrogen) atoms. The molecule has 0 amide bonds. The Balaban J connectivity index is 1.99. The van der Waals surface area contributed by atoms with Gasteiger partial charge in [-0.3, -0.25) is 4.21 Å². The summed E-state index contributed by atoms with van der Waals surface area (Å²) in [6.07, 6.45) is 0. The molecule has 0 radical (unpaired) electrons. The third kappa shape index (κ3) is 3.76. The third-order valence-corrected chi connectivity index (χ3v) is 5.16. The minimum Gasteiger partial charge on any atom is -0.445 e. The molecule has 2 aromatic rings. The summed E-state index contributed by atoms with van der Waals surface area (Å²) in [5, 5.41) is 2.96. The molecular formula is C14H20N2O2S2. The predicted octanol–water partition coefficient (Wildman–Crippen LogP) is 3.49. The van der Waals surface area contributed by atoms with Crippen molar-refractivity contribution < 1.29 is 8.63 Å². The second-order valence-electron chi connectivity index (χ2n) is 5.85. The summed E-state index contributed by atoms with van der Waals surface area (Å²) in [7, 11) is -1.04. The number of aromatic nitrogens is 2. The molecule has 6 heteroatoms. The first-order chi connectivity index (χ1) is 9.25. The van der Waals surface area contributed by atoms with E-state index in [0.29, 0.717) is 17.4 Å². The number of rotatable bonds is 4.